The zero-order chi connectivity index (χ0) is 19.1. The number of aliphatic carboxylic acids is 1. The van der Waals surface area contributed by atoms with E-state index in [1.165, 1.54) is 6.07 Å². The predicted octanol–water partition coefficient (Wildman–Crippen LogP) is 3.21. The summed E-state index contributed by atoms with van der Waals surface area (Å²) in [5, 5.41) is 13.4. The monoisotopic (exact) mass is 369 g/mol. The second-order valence-corrected chi connectivity index (χ2v) is 6.71. The van der Waals surface area contributed by atoms with Crippen LogP contribution in [0, 0.1) is 11.7 Å². The molecule has 0 radical (unpaired) electrons. The van der Waals surface area contributed by atoms with E-state index < -0.39 is 5.97 Å². The summed E-state index contributed by atoms with van der Waals surface area (Å²) in [6.45, 7) is 2.89. The van der Waals surface area contributed by atoms with Crippen LogP contribution in [0.4, 0.5) is 4.39 Å². The van der Waals surface area contributed by atoms with E-state index >= 15 is 0 Å². The molecule has 1 aliphatic heterocycles. The molecule has 27 heavy (non-hydrogen) atoms. The Labute approximate surface area is 158 Å². The number of carboxylic acid groups (broad SMARTS) is 1. The fraction of sp³-hybridized carbons (Fsp3) is 0.333. The van der Waals surface area contributed by atoms with Crippen molar-refractivity contribution in [1.82, 2.24) is 10.3 Å². The van der Waals surface area contributed by atoms with Crippen LogP contribution in [0.1, 0.15) is 18.4 Å². The largest absolute Gasteiger partial charge is 0.481 e. The van der Waals surface area contributed by atoms with E-state index in [4.69, 9.17) is 5.11 Å². The lowest BCUT2D eigenvalue weighted by molar-refractivity contribution is -0.143. The Morgan fingerprint density at radius 1 is 1.22 bits per heavy atom. The van der Waals surface area contributed by atoms with Crippen molar-refractivity contribution in [1.29, 1.82) is 0 Å². The summed E-state index contributed by atoms with van der Waals surface area (Å²) in [5.41, 5.74) is 5.18. The number of benzene rings is 2. The van der Waals surface area contributed by atoms with Crippen LogP contribution in [-0.2, 0) is 4.79 Å². The first-order chi connectivity index (χ1) is 13.1. The Kier molecular flexibility index (Phi) is 6.54. The standard InChI is InChI=1S/C21H24FN3O2/c22-20-10-4-3-9-19(20)18-8-2-1-6-16(18)14-24-23-11-13-25-12-5-7-17(15-25)21(26)27/h1-4,6,8-10,14,17,23H,5,7,11-13,15H2,(H,26,27)/b24-14+. The van der Waals surface area contributed by atoms with Gasteiger partial charge in [-0.3, -0.25) is 4.79 Å². The smallest absolute Gasteiger partial charge is 0.307 e. The first-order valence-corrected chi connectivity index (χ1v) is 9.20. The van der Waals surface area contributed by atoms with Crippen molar-refractivity contribution < 1.29 is 14.3 Å². The van der Waals surface area contributed by atoms with E-state index in [9.17, 15) is 9.18 Å². The van der Waals surface area contributed by atoms with E-state index in [-0.39, 0.29) is 11.7 Å². The maximum atomic E-state index is 14.1. The van der Waals surface area contributed by atoms with Gasteiger partial charge in [0, 0.05) is 30.8 Å². The van der Waals surface area contributed by atoms with E-state index in [0.29, 0.717) is 18.7 Å². The number of nitrogens with zero attached hydrogens (tertiary/aromatic N) is 2. The molecule has 1 aliphatic rings. The summed E-state index contributed by atoms with van der Waals surface area (Å²) in [4.78, 5) is 13.3. The van der Waals surface area contributed by atoms with Crippen LogP contribution < -0.4 is 5.43 Å². The molecule has 3 rings (SSSR count). The number of likely N-dealkylation sites (tertiary alicyclic amines) is 1. The van der Waals surface area contributed by atoms with Gasteiger partial charge in [-0.25, -0.2) is 4.39 Å². The van der Waals surface area contributed by atoms with Crippen LogP contribution in [0.5, 0.6) is 0 Å². The third-order valence-electron chi connectivity index (χ3n) is 4.81. The van der Waals surface area contributed by atoms with Crippen LogP contribution in [0.3, 0.4) is 0 Å². The molecule has 1 unspecified atom stereocenters. The number of hydrazone groups is 1. The highest BCUT2D eigenvalue weighted by atomic mass is 19.1. The minimum absolute atomic E-state index is 0.260. The molecular formula is C21H24FN3O2. The number of halogens is 1. The van der Waals surface area contributed by atoms with E-state index in [2.05, 4.69) is 15.4 Å². The molecule has 1 saturated heterocycles. The lowest BCUT2D eigenvalue weighted by atomic mass is 9.98. The van der Waals surface area contributed by atoms with Gasteiger partial charge in [-0.2, -0.15) is 5.10 Å². The average Bonchev–Trinajstić information content (AvgIpc) is 2.69. The molecule has 6 heteroatoms. The highest BCUT2D eigenvalue weighted by Gasteiger charge is 2.24. The normalized spacial score (nSPS) is 17.9. The fourth-order valence-corrected chi connectivity index (χ4v) is 3.38. The van der Waals surface area contributed by atoms with Gasteiger partial charge in [0.2, 0.25) is 0 Å². The minimum Gasteiger partial charge on any atom is -0.481 e. The van der Waals surface area contributed by atoms with Crippen molar-refractivity contribution in [3.05, 3.63) is 59.9 Å². The lowest BCUT2D eigenvalue weighted by Gasteiger charge is -2.30. The van der Waals surface area contributed by atoms with Gasteiger partial charge in [0.1, 0.15) is 5.82 Å². The lowest BCUT2D eigenvalue weighted by Crippen LogP contribution is -2.41. The first kappa shape index (κ1) is 19.0. The SMILES string of the molecule is O=C(O)C1CCCN(CCN/N=C/c2ccccc2-c2ccccc2F)C1. The highest BCUT2D eigenvalue weighted by Crippen LogP contribution is 2.25. The maximum Gasteiger partial charge on any atom is 0.307 e. The number of carboxylic acids is 1. The molecule has 1 atom stereocenters. The third-order valence-corrected chi connectivity index (χ3v) is 4.81. The van der Waals surface area contributed by atoms with Crippen LogP contribution in [0.25, 0.3) is 11.1 Å². The van der Waals surface area contributed by atoms with Crippen LogP contribution in [0.15, 0.2) is 53.6 Å². The van der Waals surface area contributed by atoms with Gasteiger partial charge in [-0.15, -0.1) is 0 Å². The quantitative estimate of drug-likeness (QED) is 0.447. The van der Waals surface area contributed by atoms with Crippen molar-refractivity contribution >= 4 is 12.2 Å². The van der Waals surface area contributed by atoms with E-state index in [1.54, 1.807) is 18.3 Å². The molecule has 0 spiro atoms. The molecule has 1 fully saturated rings. The molecule has 2 N–H and O–H groups in total. The molecule has 2 aromatic rings. The third kappa shape index (κ3) is 5.14. The molecule has 0 aliphatic carbocycles. The van der Waals surface area contributed by atoms with Gasteiger partial charge in [0.15, 0.2) is 0 Å². The molecule has 0 aromatic heterocycles. The predicted molar refractivity (Wildman–Crippen MR) is 104 cm³/mol. The van der Waals surface area contributed by atoms with Crippen molar-refractivity contribution in [3.63, 3.8) is 0 Å². The van der Waals surface area contributed by atoms with Gasteiger partial charge in [-0.1, -0.05) is 42.5 Å². The van der Waals surface area contributed by atoms with Gasteiger partial charge in [-0.05, 0) is 31.0 Å². The molecule has 2 aromatic carbocycles. The number of hydrogen-bond acceptors (Lipinski definition) is 4. The van der Waals surface area contributed by atoms with Gasteiger partial charge < -0.3 is 15.4 Å². The van der Waals surface area contributed by atoms with E-state index in [1.807, 2.05) is 30.3 Å². The van der Waals surface area contributed by atoms with Crippen molar-refractivity contribution in [2.75, 3.05) is 26.2 Å². The topological polar surface area (TPSA) is 64.9 Å². The zero-order valence-corrected chi connectivity index (χ0v) is 15.1. The second-order valence-electron chi connectivity index (χ2n) is 6.71. The van der Waals surface area contributed by atoms with Crippen LogP contribution in [0.2, 0.25) is 0 Å². The summed E-state index contributed by atoms with van der Waals surface area (Å²) in [7, 11) is 0. The molecule has 0 amide bonds. The molecule has 0 saturated carbocycles. The number of hydrogen-bond donors (Lipinski definition) is 2. The zero-order valence-electron chi connectivity index (χ0n) is 15.1. The first-order valence-electron chi connectivity index (χ1n) is 9.20. The number of rotatable bonds is 7. The fourth-order valence-electron chi connectivity index (χ4n) is 3.38. The minimum atomic E-state index is -0.713. The summed E-state index contributed by atoms with van der Waals surface area (Å²) in [6, 6.07) is 14.2. The average molecular weight is 369 g/mol. The van der Waals surface area contributed by atoms with Crippen molar-refractivity contribution in [2.45, 2.75) is 12.8 Å². The Morgan fingerprint density at radius 2 is 1.96 bits per heavy atom. The number of carbonyl (C=O) groups is 1. The van der Waals surface area contributed by atoms with Crippen LogP contribution in [-0.4, -0.2) is 48.4 Å². The number of nitrogens with one attached hydrogen (secondary N) is 1. The maximum absolute atomic E-state index is 14.1. The van der Waals surface area contributed by atoms with Gasteiger partial charge in [0.05, 0.1) is 12.1 Å². The summed E-state index contributed by atoms with van der Waals surface area (Å²) in [5.74, 6) is -1.24. The van der Waals surface area contributed by atoms with Crippen molar-refractivity contribution in [2.24, 2.45) is 11.0 Å². The van der Waals surface area contributed by atoms with Crippen molar-refractivity contribution in [3.8, 4) is 11.1 Å². The van der Waals surface area contributed by atoms with Crippen LogP contribution >= 0.6 is 0 Å². The highest BCUT2D eigenvalue weighted by molar-refractivity contribution is 5.90. The summed E-state index contributed by atoms with van der Waals surface area (Å²) >= 11 is 0. The molecule has 5 nitrogen and oxygen atoms in total. The molecular weight excluding hydrogens is 345 g/mol. The Bertz CT molecular complexity index is 810. The van der Waals surface area contributed by atoms with Gasteiger partial charge in [0.25, 0.3) is 0 Å². The molecule has 0 bridgehead atoms. The summed E-state index contributed by atoms with van der Waals surface area (Å²) in [6.07, 6.45) is 3.36. The number of piperidine rings is 1. The Morgan fingerprint density at radius 3 is 2.74 bits per heavy atom. The van der Waals surface area contributed by atoms with E-state index in [0.717, 1.165) is 37.1 Å². The molecule has 142 valence electrons. The summed E-state index contributed by atoms with van der Waals surface area (Å²) < 4.78 is 14.1. The molecule has 1 heterocycles. The van der Waals surface area contributed by atoms with Gasteiger partial charge >= 0.3 is 5.97 Å². The Hall–Kier alpha value is -2.73. The second kappa shape index (κ2) is 9.28. The Balaban J connectivity index is 1.55.